The maximum atomic E-state index is 13.0. The first-order valence-electron chi connectivity index (χ1n) is 4.29. The monoisotopic (exact) mass is 198 g/mol. The van der Waals surface area contributed by atoms with Crippen molar-refractivity contribution in [1.82, 2.24) is 0 Å². The molecule has 0 fully saturated rings. The summed E-state index contributed by atoms with van der Waals surface area (Å²) in [5.41, 5.74) is 0.730. The van der Waals surface area contributed by atoms with Crippen molar-refractivity contribution in [3.63, 3.8) is 0 Å². The highest BCUT2D eigenvalue weighted by atomic mass is 35.5. The molecule has 0 N–H and O–H groups in total. The van der Waals surface area contributed by atoms with Crippen molar-refractivity contribution in [2.24, 2.45) is 0 Å². The van der Waals surface area contributed by atoms with E-state index >= 15 is 0 Å². The molecule has 0 amide bonds. The van der Waals surface area contributed by atoms with Crippen LogP contribution in [0.15, 0.2) is 36.4 Å². The van der Waals surface area contributed by atoms with Crippen LogP contribution in [0, 0.1) is 5.82 Å². The molecule has 0 atom stereocenters. The van der Waals surface area contributed by atoms with E-state index in [1.807, 2.05) is 18.2 Å². The van der Waals surface area contributed by atoms with E-state index in [1.54, 1.807) is 12.1 Å². The molecule has 13 heavy (non-hydrogen) atoms. The standard InChI is InChI=1S/C11H12ClF/c12-9-5-1-2-6-10-7-3-4-8-11(10)13/h1-4,7-8H,5-6,9H2. The molecule has 0 aliphatic carbocycles. The Morgan fingerprint density at radius 3 is 2.69 bits per heavy atom. The average Bonchev–Trinajstić information content (AvgIpc) is 2.15. The molecule has 0 spiro atoms. The van der Waals surface area contributed by atoms with E-state index in [0.29, 0.717) is 12.3 Å². The third-order valence-electron chi connectivity index (χ3n) is 1.74. The van der Waals surface area contributed by atoms with Crippen LogP contribution in [0.1, 0.15) is 12.0 Å². The lowest BCUT2D eigenvalue weighted by Crippen LogP contribution is -1.86. The Hall–Kier alpha value is -0.820. The lowest BCUT2D eigenvalue weighted by atomic mass is 10.1. The molecule has 70 valence electrons. The molecule has 1 rings (SSSR count). The lowest BCUT2D eigenvalue weighted by Gasteiger charge is -1.97. The van der Waals surface area contributed by atoms with E-state index in [9.17, 15) is 4.39 Å². The summed E-state index contributed by atoms with van der Waals surface area (Å²) < 4.78 is 13.0. The molecule has 0 aliphatic rings. The fourth-order valence-corrected chi connectivity index (χ4v) is 1.18. The van der Waals surface area contributed by atoms with Gasteiger partial charge in [0.1, 0.15) is 5.82 Å². The zero-order chi connectivity index (χ0) is 9.52. The normalized spacial score (nSPS) is 10.9. The number of allylic oxidation sites excluding steroid dienone is 2. The minimum Gasteiger partial charge on any atom is -0.207 e. The number of alkyl halides is 1. The average molecular weight is 199 g/mol. The van der Waals surface area contributed by atoms with Gasteiger partial charge in [-0.15, -0.1) is 11.6 Å². The summed E-state index contributed by atoms with van der Waals surface area (Å²) in [6, 6.07) is 6.81. The number of halogens is 2. The Morgan fingerprint density at radius 1 is 1.23 bits per heavy atom. The van der Waals surface area contributed by atoms with E-state index in [-0.39, 0.29) is 5.82 Å². The zero-order valence-electron chi connectivity index (χ0n) is 7.34. The predicted octanol–water partition coefficient (Wildman–Crippen LogP) is 3.55. The molecule has 0 bridgehead atoms. The van der Waals surface area contributed by atoms with Crippen molar-refractivity contribution < 1.29 is 4.39 Å². The van der Waals surface area contributed by atoms with Crippen LogP contribution in [0.4, 0.5) is 4.39 Å². The molecule has 1 aromatic carbocycles. The summed E-state index contributed by atoms with van der Waals surface area (Å²) in [6.45, 7) is 0. The summed E-state index contributed by atoms with van der Waals surface area (Å²) in [5.74, 6) is 0.478. The molecule has 2 heteroatoms. The van der Waals surface area contributed by atoms with Crippen LogP contribution in [-0.4, -0.2) is 5.88 Å². The Morgan fingerprint density at radius 2 is 2.00 bits per heavy atom. The molecular weight excluding hydrogens is 187 g/mol. The SMILES string of the molecule is Fc1ccccc1CC=CCCCl. The highest BCUT2D eigenvalue weighted by Gasteiger charge is 1.96. The van der Waals surface area contributed by atoms with E-state index in [1.165, 1.54) is 6.07 Å². The molecule has 1 aromatic rings. The van der Waals surface area contributed by atoms with Gasteiger partial charge in [0.2, 0.25) is 0 Å². The highest BCUT2D eigenvalue weighted by molar-refractivity contribution is 6.17. The fraction of sp³-hybridized carbons (Fsp3) is 0.273. The van der Waals surface area contributed by atoms with E-state index in [0.717, 1.165) is 12.0 Å². The highest BCUT2D eigenvalue weighted by Crippen LogP contribution is 2.07. The number of rotatable bonds is 4. The Balaban J connectivity index is 2.49. The molecule has 0 unspecified atom stereocenters. The third-order valence-corrected chi connectivity index (χ3v) is 1.96. The van der Waals surface area contributed by atoms with Gasteiger partial charge in [-0.25, -0.2) is 4.39 Å². The molecule has 0 radical (unpaired) electrons. The molecule has 0 nitrogen and oxygen atoms in total. The first kappa shape index (κ1) is 10.3. The second kappa shape index (κ2) is 5.76. The summed E-state index contributed by atoms with van der Waals surface area (Å²) >= 11 is 5.49. The van der Waals surface area contributed by atoms with E-state index in [2.05, 4.69) is 0 Å². The van der Waals surface area contributed by atoms with Crippen molar-refractivity contribution in [3.05, 3.63) is 47.8 Å². The number of hydrogen-bond donors (Lipinski definition) is 0. The van der Waals surface area contributed by atoms with Crippen LogP contribution in [0.5, 0.6) is 0 Å². The quantitative estimate of drug-likeness (QED) is 0.513. The first-order chi connectivity index (χ1) is 6.34. The lowest BCUT2D eigenvalue weighted by molar-refractivity contribution is 0.615. The van der Waals surface area contributed by atoms with Crippen molar-refractivity contribution in [2.45, 2.75) is 12.8 Å². The first-order valence-corrected chi connectivity index (χ1v) is 4.82. The van der Waals surface area contributed by atoms with Crippen molar-refractivity contribution in [2.75, 3.05) is 5.88 Å². The van der Waals surface area contributed by atoms with Gasteiger partial charge < -0.3 is 0 Å². The summed E-state index contributed by atoms with van der Waals surface area (Å²) in [7, 11) is 0. The van der Waals surface area contributed by atoms with Crippen molar-refractivity contribution in [3.8, 4) is 0 Å². The molecule has 0 aliphatic heterocycles. The Labute approximate surface area is 83.0 Å². The second-order valence-electron chi connectivity index (χ2n) is 2.74. The van der Waals surface area contributed by atoms with Crippen LogP contribution in [0.25, 0.3) is 0 Å². The van der Waals surface area contributed by atoms with Gasteiger partial charge in [0.15, 0.2) is 0 Å². The van der Waals surface area contributed by atoms with Crippen LogP contribution in [0.2, 0.25) is 0 Å². The number of hydrogen-bond acceptors (Lipinski definition) is 0. The molecular formula is C11H12ClF. The Bertz CT molecular complexity index is 281. The fourth-order valence-electron chi connectivity index (χ4n) is 1.06. The molecule has 0 saturated carbocycles. The maximum Gasteiger partial charge on any atom is 0.126 e. The van der Waals surface area contributed by atoms with Gasteiger partial charge in [-0.3, -0.25) is 0 Å². The van der Waals surface area contributed by atoms with E-state index in [4.69, 9.17) is 11.6 Å². The largest absolute Gasteiger partial charge is 0.207 e. The topological polar surface area (TPSA) is 0 Å². The Kier molecular flexibility index (Phi) is 4.55. The minimum atomic E-state index is -0.141. The van der Waals surface area contributed by atoms with E-state index < -0.39 is 0 Å². The van der Waals surface area contributed by atoms with Crippen LogP contribution in [-0.2, 0) is 6.42 Å². The second-order valence-corrected chi connectivity index (χ2v) is 3.12. The zero-order valence-corrected chi connectivity index (χ0v) is 8.10. The number of benzene rings is 1. The van der Waals surface area contributed by atoms with Crippen LogP contribution < -0.4 is 0 Å². The predicted molar refractivity (Wildman–Crippen MR) is 54.6 cm³/mol. The van der Waals surface area contributed by atoms with Gasteiger partial charge in [-0.05, 0) is 24.5 Å². The van der Waals surface area contributed by atoms with Gasteiger partial charge in [0.25, 0.3) is 0 Å². The van der Waals surface area contributed by atoms with Crippen molar-refractivity contribution in [1.29, 1.82) is 0 Å². The van der Waals surface area contributed by atoms with Gasteiger partial charge in [-0.1, -0.05) is 30.4 Å². The maximum absolute atomic E-state index is 13.0. The summed E-state index contributed by atoms with van der Waals surface area (Å²) in [5, 5.41) is 0. The molecule has 0 aromatic heterocycles. The smallest absolute Gasteiger partial charge is 0.126 e. The third kappa shape index (κ3) is 3.60. The molecule has 0 heterocycles. The van der Waals surface area contributed by atoms with Crippen LogP contribution in [0.3, 0.4) is 0 Å². The van der Waals surface area contributed by atoms with Gasteiger partial charge in [0.05, 0.1) is 0 Å². The summed E-state index contributed by atoms with van der Waals surface area (Å²) in [4.78, 5) is 0. The summed E-state index contributed by atoms with van der Waals surface area (Å²) in [6.07, 6.45) is 5.40. The van der Waals surface area contributed by atoms with Crippen molar-refractivity contribution >= 4 is 11.6 Å². The minimum absolute atomic E-state index is 0.141. The van der Waals surface area contributed by atoms with Crippen LogP contribution >= 0.6 is 11.6 Å². The van der Waals surface area contributed by atoms with Gasteiger partial charge in [0, 0.05) is 5.88 Å². The molecule has 0 saturated heterocycles. The van der Waals surface area contributed by atoms with Gasteiger partial charge >= 0.3 is 0 Å². The van der Waals surface area contributed by atoms with Gasteiger partial charge in [-0.2, -0.15) is 0 Å².